The molecule has 1 spiro atoms. The number of piperidine rings is 1. The lowest BCUT2D eigenvalue weighted by Gasteiger charge is -2.38. The van der Waals surface area contributed by atoms with Gasteiger partial charge in [-0.1, -0.05) is 5.16 Å². The molecule has 0 aromatic carbocycles. The smallest absolute Gasteiger partial charge is 0.175 e. The second-order valence-electron chi connectivity index (χ2n) is 6.20. The second kappa shape index (κ2) is 6.03. The van der Waals surface area contributed by atoms with Crippen LogP contribution in [0.25, 0.3) is 0 Å². The molecule has 2 fully saturated rings. The zero-order chi connectivity index (χ0) is 16.6. The molecule has 2 aliphatic heterocycles. The van der Waals surface area contributed by atoms with Crippen molar-refractivity contribution in [3.05, 3.63) is 23.7 Å². The monoisotopic (exact) mass is 331 g/mol. The Bertz CT molecular complexity index is 716. The molecule has 2 aromatic heterocycles. The molecule has 2 aromatic rings. The summed E-state index contributed by atoms with van der Waals surface area (Å²) >= 11 is 0. The SMILES string of the molecule is Cc1nc(Nc2cc(C)on2)cc(N2CCC3(CC2)OCCO3)n1. The summed E-state index contributed by atoms with van der Waals surface area (Å²) in [5.41, 5.74) is 0. The molecule has 0 bridgehead atoms. The van der Waals surface area contributed by atoms with Crippen molar-refractivity contribution in [3.63, 3.8) is 0 Å². The van der Waals surface area contributed by atoms with E-state index in [1.165, 1.54) is 0 Å². The summed E-state index contributed by atoms with van der Waals surface area (Å²) < 4.78 is 16.6. The van der Waals surface area contributed by atoms with E-state index in [2.05, 4.69) is 25.3 Å². The van der Waals surface area contributed by atoms with E-state index in [-0.39, 0.29) is 5.79 Å². The molecule has 0 saturated carbocycles. The van der Waals surface area contributed by atoms with E-state index in [4.69, 9.17) is 14.0 Å². The summed E-state index contributed by atoms with van der Waals surface area (Å²) in [5.74, 6) is 3.34. The highest BCUT2D eigenvalue weighted by atomic mass is 16.7. The van der Waals surface area contributed by atoms with Crippen LogP contribution in [0, 0.1) is 13.8 Å². The van der Waals surface area contributed by atoms with Gasteiger partial charge in [0.25, 0.3) is 0 Å². The molecule has 0 atom stereocenters. The molecule has 2 saturated heterocycles. The number of rotatable bonds is 3. The molecule has 2 aliphatic rings. The van der Waals surface area contributed by atoms with Gasteiger partial charge >= 0.3 is 0 Å². The van der Waals surface area contributed by atoms with Crippen LogP contribution in [0.2, 0.25) is 0 Å². The molecule has 128 valence electrons. The van der Waals surface area contributed by atoms with Crippen LogP contribution in [-0.2, 0) is 9.47 Å². The van der Waals surface area contributed by atoms with Gasteiger partial charge in [0.15, 0.2) is 11.6 Å². The van der Waals surface area contributed by atoms with Crippen molar-refractivity contribution in [2.75, 3.05) is 36.5 Å². The largest absolute Gasteiger partial charge is 0.360 e. The maximum Gasteiger partial charge on any atom is 0.175 e. The van der Waals surface area contributed by atoms with E-state index < -0.39 is 0 Å². The summed E-state index contributed by atoms with van der Waals surface area (Å²) in [6, 6.07) is 3.77. The van der Waals surface area contributed by atoms with Crippen molar-refractivity contribution < 1.29 is 14.0 Å². The van der Waals surface area contributed by atoms with E-state index in [0.29, 0.717) is 30.7 Å². The zero-order valence-electron chi connectivity index (χ0n) is 13.9. The molecule has 0 amide bonds. The zero-order valence-corrected chi connectivity index (χ0v) is 13.9. The van der Waals surface area contributed by atoms with Gasteiger partial charge in [-0.25, -0.2) is 9.97 Å². The quantitative estimate of drug-likeness (QED) is 0.916. The van der Waals surface area contributed by atoms with Gasteiger partial charge in [-0.3, -0.25) is 0 Å². The minimum atomic E-state index is -0.377. The van der Waals surface area contributed by atoms with E-state index in [1.807, 2.05) is 26.0 Å². The highest BCUT2D eigenvalue weighted by molar-refractivity contribution is 5.56. The fourth-order valence-electron chi connectivity index (χ4n) is 3.20. The summed E-state index contributed by atoms with van der Waals surface area (Å²) in [4.78, 5) is 11.2. The fourth-order valence-corrected chi connectivity index (χ4v) is 3.20. The lowest BCUT2D eigenvalue weighted by Crippen LogP contribution is -2.45. The Morgan fingerprint density at radius 3 is 2.46 bits per heavy atom. The first-order valence-corrected chi connectivity index (χ1v) is 8.21. The first-order valence-electron chi connectivity index (χ1n) is 8.21. The average molecular weight is 331 g/mol. The van der Waals surface area contributed by atoms with Crippen molar-refractivity contribution in [2.45, 2.75) is 32.5 Å². The van der Waals surface area contributed by atoms with Gasteiger partial charge < -0.3 is 24.2 Å². The Hall–Kier alpha value is -2.19. The van der Waals surface area contributed by atoms with Crippen molar-refractivity contribution in [2.24, 2.45) is 0 Å². The lowest BCUT2D eigenvalue weighted by molar-refractivity contribution is -0.169. The predicted molar refractivity (Wildman–Crippen MR) is 87.4 cm³/mol. The molecule has 0 radical (unpaired) electrons. The van der Waals surface area contributed by atoms with Gasteiger partial charge in [-0.2, -0.15) is 0 Å². The summed E-state index contributed by atoms with van der Waals surface area (Å²) in [6.07, 6.45) is 1.70. The molecular formula is C16H21N5O3. The molecule has 0 aliphatic carbocycles. The third-order valence-electron chi connectivity index (χ3n) is 4.37. The minimum Gasteiger partial charge on any atom is -0.360 e. The van der Waals surface area contributed by atoms with Gasteiger partial charge in [0.1, 0.15) is 23.2 Å². The lowest BCUT2D eigenvalue weighted by atomic mass is 10.0. The van der Waals surface area contributed by atoms with Crippen LogP contribution in [0.3, 0.4) is 0 Å². The number of nitrogens with one attached hydrogen (secondary N) is 1. The maximum atomic E-state index is 5.78. The molecular weight excluding hydrogens is 310 g/mol. The van der Waals surface area contributed by atoms with Gasteiger partial charge in [0.05, 0.1) is 13.2 Å². The van der Waals surface area contributed by atoms with Crippen molar-refractivity contribution in [1.82, 2.24) is 15.1 Å². The molecule has 4 rings (SSSR count). The Kier molecular flexibility index (Phi) is 3.85. The molecule has 8 heteroatoms. The Balaban J connectivity index is 1.49. The number of nitrogens with zero attached hydrogens (tertiary/aromatic N) is 4. The number of anilines is 3. The van der Waals surface area contributed by atoms with Crippen LogP contribution in [0.5, 0.6) is 0 Å². The predicted octanol–water partition coefficient (Wildman–Crippen LogP) is 2.17. The highest BCUT2D eigenvalue weighted by Gasteiger charge is 2.40. The van der Waals surface area contributed by atoms with E-state index in [0.717, 1.165) is 37.5 Å². The maximum absolute atomic E-state index is 5.78. The molecule has 8 nitrogen and oxygen atoms in total. The number of aryl methyl sites for hydroxylation is 2. The van der Waals surface area contributed by atoms with Crippen LogP contribution in [0.15, 0.2) is 16.7 Å². The third-order valence-corrected chi connectivity index (χ3v) is 4.37. The first kappa shape index (κ1) is 15.3. The van der Waals surface area contributed by atoms with E-state index >= 15 is 0 Å². The molecule has 4 heterocycles. The van der Waals surface area contributed by atoms with Gasteiger partial charge in [0, 0.05) is 38.1 Å². The van der Waals surface area contributed by atoms with Crippen LogP contribution < -0.4 is 10.2 Å². The van der Waals surface area contributed by atoms with Crippen LogP contribution >= 0.6 is 0 Å². The fraction of sp³-hybridized carbons (Fsp3) is 0.562. The van der Waals surface area contributed by atoms with E-state index in [1.54, 1.807) is 0 Å². The van der Waals surface area contributed by atoms with Crippen molar-refractivity contribution >= 4 is 17.5 Å². The third kappa shape index (κ3) is 3.07. The minimum absolute atomic E-state index is 0.377. The van der Waals surface area contributed by atoms with Crippen LogP contribution in [0.4, 0.5) is 17.5 Å². The summed E-state index contributed by atoms with van der Waals surface area (Å²) in [6.45, 7) is 6.82. The molecule has 0 unspecified atom stereocenters. The summed E-state index contributed by atoms with van der Waals surface area (Å²) in [7, 11) is 0. The number of aromatic nitrogens is 3. The Labute approximate surface area is 140 Å². The van der Waals surface area contributed by atoms with Crippen LogP contribution in [0.1, 0.15) is 24.4 Å². The first-order chi connectivity index (χ1) is 11.6. The second-order valence-corrected chi connectivity index (χ2v) is 6.20. The Morgan fingerprint density at radius 2 is 1.79 bits per heavy atom. The van der Waals surface area contributed by atoms with Gasteiger partial charge in [-0.15, -0.1) is 0 Å². The van der Waals surface area contributed by atoms with Gasteiger partial charge in [0.2, 0.25) is 0 Å². The average Bonchev–Trinajstić information content (AvgIpc) is 3.17. The number of hydrogen-bond acceptors (Lipinski definition) is 8. The van der Waals surface area contributed by atoms with Crippen LogP contribution in [-0.4, -0.2) is 47.2 Å². The Morgan fingerprint density at radius 1 is 1.04 bits per heavy atom. The molecule has 24 heavy (non-hydrogen) atoms. The molecule has 1 N–H and O–H groups in total. The number of hydrogen-bond donors (Lipinski definition) is 1. The number of ether oxygens (including phenoxy) is 2. The topological polar surface area (TPSA) is 85.5 Å². The van der Waals surface area contributed by atoms with Crippen molar-refractivity contribution in [3.8, 4) is 0 Å². The van der Waals surface area contributed by atoms with Gasteiger partial charge in [-0.05, 0) is 13.8 Å². The normalized spacial score (nSPS) is 19.8. The standard InChI is InChI=1S/C16H21N5O3/c1-11-9-14(20-24-11)19-13-10-15(18-12(2)17-13)21-5-3-16(4-6-21)22-7-8-23-16/h9-10H,3-8H2,1-2H3,(H,17,18,19,20). The van der Waals surface area contributed by atoms with E-state index in [9.17, 15) is 0 Å². The highest BCUT2D eigenvalue weighted by Crippen LogP contribution is 2.33. The summed E-state index contributed by atoms with van der Waals surface area (Å²) in [5, 5.41) is 7.10. The van der Waals surface area contributed by atoms with Crippen molar-refractivity contribution in [1.29, 1.82) is 0 Å².